The quantitative estimate of drug-likeness (QED) is 0.443. The molecule has 0 saturated carbocycles. The maximum atomic E-state index is 12.3. The Labute approximate surface area is 139 Å². The predicted octanol–water partition coefficient (Wildman–Crippen LogP) is 3.42. The summed E-state index contributed by atoms with van der Waals surface area (Å²) < 4.78 is 15.5. The van der Waals surface area contributed by atoms with E-state index < -0.39 is 11.4 Å². The molecule has 124 valence electrons. The highest BCUT2D eigenvalue weighted by Gasteiger charge is 2.17. The van der Waals surface area contributed by atoms with Crippen molar-refractivity contribution in [2.24, 2.45) is 0 Å². The van der Waals surface area contributed by atoms with Gasteiger partial charge in [0.05, 0.1) is 7.11 Å². The van der Waals surface area contributed by atoms with Crippen molar-refractivity contribution in [3.8, 4) is 11.5 Å². The van der Waals surface area contributed by atoms with Crippen molar-refractivity contribution in [3.05, 3.63) is 76.4 Å². The van der Waals surface area contributed by atoms with Crippen LogP contribution in [0, 0.1) is 6.92 Å². The second-order valence-corrected chi connectivity index (χ2v) is 4.96. The van der Waals surface area contributed by atoms with Crippen LogP contribution in [0.25, 0.3) is 6.08 Å². The van der Waals surface area contributed by atoms with E-state index in [1.54, 1.807) is 31.2 Å². The lowest BCUT2D eigenvalue weighted by Crippen LogP contribution is -2.14. The standard InChI is InChI=1S/C19H18O5/c1-4-10-23-15-7-5-6-14(12-15)8-9-16(20)18-17(22-3)11-13(2)24-19(18)21/h4-9,11-12H,1,10H2,2-3H3/b9-8+. The van der Waals surface area contributed by atoms with Gasteiger partial charge in [-0.25, -0.2) is 4.79 Å². The molecule has 0 atom stereocenters. The fraction of sp³-hybridized carbons (Fsp3) is 0.158. The molecule has 0 aliphatic rings. The zero-order valence-electron chi connectivity index (χ0n) is 13.6. The van der Waals surface area contributed by atoms with Crippen molar-refractivity contribution in [1.82, 2.24) is 0 Å². The van der Waals surface area contributed by atoms with Crippen LogP contribution in [0.4, 0.5) is 0 Å². The predicted molar refractivity (Wildman–Crippen MR) is 91.8 cm³/mol. The molecule has 0 amide bonds. The fourth-order valence-electron chi connectivity index (χ4n) is 2.09. The number of carbonyl (C=O) groups is 1. The summed E-state index contributed by atoms with van der Waals surface area (Å²) in [7, 11) is 1.40. The maximum Gasteiger partial charge on any atom is 0.351 e. The molecule has 1 aromatic heterocycles. The van der Waals surface area contributed by atoms with E-state index in [1.807, 2.05) is 12.1 Å². The van der Waals surface area contributed by atoms with E-state index >= 15 is 0 Å². The summed E-state index contributed by atoms with van der Waals surface area (Å²) in [6.07, 6.45) is 4.55. The van der Waals surface area contributed by atoms with Crippen LogP contribution >= 0.6 is 0 Å². The molecule has 0 bridgehead atoms. The molecule has 1 aromatic carbocycles. The Morgan fingerprint density at radius 1 is 1.33 bits per heavy atom. The third-order valence-electron chi connectivity index (χ3n) is 3.16. The average molecular weight is 326 g/mol. The minimum atomic E-state index is -0.718. The van der Waals surface area contributed by atoms with Crippen molar-refractivity contribution in [3.63, 3.8) is 0 Å². The van der Waals surface area contributed by atoms with Crippen LogP contribution < -0.4 is 15.1 Å². The van der Waals surface area contributed by atoms with E-state index in [9.17, 15) is 9.59 Å². The molecule has 24 heavy (non-hydrogen) atoms. The molecule has 0 radical (unpaired) electrons. The van der Waals surface area contributed by atoms with E-state index in [1.165, 1.54) is 19.3 Å². The van der Waals surface area contributed by atoms with Gasteiger partial charge in [0, 0.05) is 6.07 Å². The molecule has 0 aliphatic heterocycles. The molecule has 1 heterocycles. The molecule has 2 aromatic rings. The van der Waals surface area contributed by atoms with Gasteiger partial charge in [0.1, 0.15) is 29.4 Å². The average Bonchev–Trinajstić information content (AvgIpc) is 2.57. The van der Waals surface area contributed by atoms with Crippen molar-refractivity contribution in [1.29, 1.82) is 0 Å². The Morgan fingerprint density at radius 2 is 2.12 bits per heavy atom. The second kappa shape index (κ2) is 7.97. The number of ether oxygens (including phenoxy) is 2. The summed E-state index contributed by atoms with van der Waals surface area (Å²) in [6.45, 7) is 5.60. The number of hydrogen-bond acceptors (Lipinski definition) is 5. The Morgan fingerprint density at radius 3 is 2.83 bits per heavy atom. The number of rotatable bonds is 7. The zero-order valence-corrected chi connectivity index (χ0v) is 13.6. The number of hydrogen-bond donors (Lipinski definition) is 0. The largest absolute Gasteiger partial charge is 0.496 e. The van der Waals surface area contributed by atoms with Crippen LogP contribution in [0.5, 0.6) is 11.5 Å². The first-order valence-corrected chi connectivity index (χ1v) is 7.30. The first kappa shape index (κ1) is 17.3. The molecule has 2 rings (SSSR count). The van der Waals surface area contributed by atoms with Crippen molar-refractivity contribution in [2.75, 3.05) is 13.7 Å². The summed E-state index contributed by atoms with van der Waals surface area (Å²) in [5, 5.41) is 0. The third-order valence-corrected chi connectivity index (χ3v) is 3.16. The van der Waals surface area contributed by atoms with Gasteiger partial charge >= 0.3 is 5.63 Å². The Bertz CT molecular complexity index is 830. The van der Waals surface area contributed by atoms with Gasteiger partial charge in [-0.3, -0.25) is 4.79 Å². The van der Waals surface area contributed by atoms with E-state index in [0.29, 0.717) is 18.1 Å². The highest BCUT2D eigenvalue weighted by molar-refractivity contribution is 6.08. The van der Waals surface area contributed by atoms with Gasteiger partial charge in [-0.1, -0.05) is 30.9 Å². The zero-order chi connectivity index (χ0) is 17.5. The summed E-state index contributed by atoms with van der Waals surface area (Å²) >= 11 is 0. The Balaban J connectivity index is 2.25. The third kappa shape index (κ3) is 4.23. The highest BCUT2D eigenvalue weighted by Crippen LogP contribution is 2.18. The van der Waals surface area contributed by atoms with E-state index in [2.05, 4.69) is 6.58 Å². The SMILES string of the molecule is C=CCOc1cccc(/C=C/C(=O)c2c(OC)cc(C)oc2=O)c1. The van der Waals surface area contributed by atoms with Crippen LogP contribution in [-0.2, 0) is 0 Å². The first-order chi connectivity index (χ1) is 11.5. The molecule has 5 heteroatoms. The molecule has 5 nitrogen and oxygen atoms in total. The number of aryl methyl sites for hydroxylation is 1. The van der Waals surface area contributed by atoms with Crippen molar-refractivity contribution >= 4 is 11.9 Å². The van der Waals surface area contributed by atoms with Gasteiger partial charge in [0.15, 0.2) is 5.78 Å². The molecule has 0 unspecified atom stereocenters. The topological polar surface area (TPSA) is 65.7 Å². The van der Waals surface area contributed by atoms with Gasteiger partial charge in [-0.05, 0) is 30.7 Å². The van der Waals surface area contributed by atoms with E-state index in [-0.39, 0.29) is 11.3 Å². The monoisotopic (exact) mass is 326 g/mol. The summed E-state index contributed by atoms with van der Waals surface area (Å²) in [6, 6.07) is 8.72. The van der Waals surface area contributed by atoms with Crippen LogP contribution in [0.2, 0.25) is 0 Å². The van der Waals surface area contributed by atoms with Gasteiger partial charge in [-0.2, -0.15) is 0 Å². The van der Waals surface area contributed by atoms with Gasteiger partial charge in [-0.15, -0.1) is 0 Å². The smallest absolute Gasteiger partial charge is 0.351 e. The number of benzene rings is 1. The summed E-state index contributed by atoms with van der Waals surface area (Å²) in [5.41, 5.74) is -0.0802. The van der Waals surface area contributed by atoms with Crippen LogP contribution in [-0.4, -0.2) is 19.5 Å². The number of allylic oxidation sites excluding steroid dienone is 1. The normalized spacial score (nSPS) is 10.6. The number of carbonyl (C=O) groups excluding carboxylic acids is 1. The maximum absolute atomic E-state index is 12.3. The lowest BCUT2D eigenvalue weighted by atomic mass is 10.1. The number of methoxy groups -OCH3 is 1. The van der Waals surface area contributed by atoms with E-state index in [4.69, 9.17) is 13.9 Å². The highest BCUT2D eigenvalue weighted by atomic mass is 16.5. The second-order valence-electron chi connectivity index (χ2n) is 4.96. The van der Waals surface area contributed by atoms with Crippen LogP contribution in [0.15, 0.2) is 58.3 Å². The van der Waals surface area contributed by atoms with Gasteiger partial charge < -0.3 is 13.9 Å². The summed E-state index contributed by atoms with van der Waals surface area (Å²) in [5.74, 6) is 0.751. The fourth-order valence-corrected chi connectivity index (χ4v) is 2.09. The Kier molecular flexibility index (Phi) is 5.73. The molecule has 0 aliphatic carbocycles. The Hall–Kier alpha value is -3.08. The first-order valence-electron chi connectivity index (χ1n) is 7.30. The molecule has 0 N–H and O–H groups in total. The van der Waals surface area contributed by atoms with Gasteiger partial charge in [0.25, 0.3) is 0 Å². The van der Waals surface area contributed by atoms with Crippen molar-refractivity contribution < 1.29 is 18.7 Å². The van der Waals surface area contributed by atoms with Crippen LogP contribution in [0.3, 0.4) is 0 Å². The summed E-state index contributed by atoms with van der Waals surface area (Å²) in [4.78, 5) is 24.2. The lowest BCUT2D eigenvalue weighted by molar-refractivity contribution is 0.104. The van der Waals surface area contributed by atoms with Crippen molar-refractivity contribution in [2.45, 2.75) is 6.92 Å². The van der Waals surface area contributed by atoms with E-state index in [0.717, 1.165) is 5.56 Å². The molecule has 0 saturated heterocycles. The minimum Gasteiger partial charge on any atom is -0.496 e. The van der Waals surface area contributed by atoms with Crippen LogP contribution in [0.1, 0.15) is 21.7 Å². The minimum absolute atomic E-state index is 0.126. The molecular weight excluding hydrogens is 308 g/mol. The molecule has 0 fully saturated rings. The number of ketones is 1. The lowest BCUT2D eigenvalue weighted by Gasteiger charge is -2.05. The molecular formula is C19H18O5. The molecule has 0 spiro atoms. The van der Waals surface area contributed by atoms with Gasteiger partial charge in [0.2, 0.25) is 0 Å².